The summed E-state index contributed by atoms with van der Waals surface area (Å²) in [6, 6.07) is 38.4. The van der Waals surface area contributed by atoms with E-state index < -0.39 is 0 Å². The van der Waals surface area contributed by atoms with Crippen molar-refractivity contribution in [2.24, 2.45) is 0 Å². The zero-order chi connectivity index (χ0) is 19.2. The van der Waals surface area contributed by atoms with Crippen molar-refractivity contribution >= 4 is 23.1 Å². The van der Waals surface area contributed by atoms with Crippen LogP contribution in [0.25, 0.3) is 17.2 Å². The number of rotatable bonds is 5. The Kier molecular flexibility index (Phi) is 5.35. The van der Waals surface area contributed by atoms with Crippen LogP contribution in [0.15, 0.2) is 115 Å². The molecule has 4 rings (SSSR count). The zero-order valence-electron chi connectivity index (χ0n) is 16.0. The Bertz CT molecular complexity index is 991. The summed E-state index contributed by atoms with van der Waals surface area (Å²) in [5.74, 6) is 0. The van der Waals surface area contributed by atoms with Crippen molar-refractivity contribution in [2.45, 2.75) is 6.92 Å². The predicted molar refractivity (Wildman–Crippen MR) is 121 cm³/mol. The van der Waals surface area contributed by atoms with E-state index in [1.165, 1.54) is 16.7 Å². The molecule has 0 amide bonds. The van der Waals surface area contributed by atoms with Crippen molar-refractivity contribution in [1.82, 2.24) is 0 Å². The molecule has 0 heterocycles. The second kappa shape index (κ2) is 8.41. The molecule has 136 valence electrons. The topological polar surface area (TPSA) is 3.24 Å². The third kappa shape index (κ3) is 3.89. The number of hydrogen-bond acceptors (Lipinski definition) is 1. The molecule has 0 aliphatic heterocycles. The minimum Gasteiger partial charge on any atom is -0.311 e. The van der Waals surface area contributed by atoms with Gasteiger partial charge in [0.25, 0.3) is 0 Å². The summed E-state index contributed by atoms with van der Waals surface area (Å²) in [7, 11) is 0. The lowest BCUT2D eigenvalue weighted by atomic mass is 10.0. The van der Waals surface area contributed by atoms with Crippen LogP contribution >= 0.6 is 0 Å². The molecule has 1 nitrogen and oxygen atoms in total. The Hall–Kier alpha value is -3.58. The largest absolute Gasteiger partial charge is 0.311 e. The summed E-state index contributed by atoms with van der Waals surface area (Å²) >= 11 is 0. The fraction of sp³-hybridized carbons (Fsp3) is 0.0370. The molecule has 0 aliphatic carbocycles. The zero-order valence-corrected chi connectivity index (χ0v) is 16.0. The lowest BCUT2D eigenvalue weighted by Crippen LogP contribution is -2.09. The van der Waals surface area contributed by atoms with Gasteiger partial charge in [-0.05, 0) is 60.0 Å². The molecule has 0 aliphatic rings. The maximum Gasteiger partial charge on any atom is 0.0462 e. The molecule has 4 aromatic carbocycles. The quantitative estimate of drug-likeness (QED) is 0.350. The number of allylic oxidation sites excluding steroid dienone is 1. The van der Waals surface area contributed by atoms with Gasteiger partial charge < -0.3 is 4.90 Å². The maximum absolute atomic E-state index is 2.28. The second-order valence-corrected chi connectivity index (χ2v) is 6.68. The van der Waals surface area contributed by atoms with Crippen LogP contribution in [0.2, 0.25) is 0 Å². The van der Waals surface area contributed by atoms with Crippen LogP contribution in [0.5, 0.6) is 0 Å². The molecule has 0 atom stereocenters. The summed E-state index contributed by atoms with van der Waals surface area (Å²) in [4.78, 5) is 2.28. The lowest BCUT2D eigenvalue weighted by Gasteiger charge is -2.25. The van der Waals surface area contributed by atoms with Crippen molar-refractivity contribution in [1.29, 1.82) is 0 Å². The Morgan fingerprint density at radius 3 is 1.39 bits per heavy atom. The molecular weight excluding hydrogens is 338 g/mol. The third-order valence-corrected chi connectivity index (χ3v) is 4.76. The van der Waals surface area contributed by atoms with Crippen LogP contribution in [0.3, 0.4) is 0 Å². The molecule has 0 unspecified atom stereocenters. The average Bonchev–Trinajstić information content (AvgIpc) is 2.77. The Morgan fingerprint density at radius 1 is 0.500 bits per heavy atom. The first-order valence-corrected chi connectivity index (χ1v) is 9.58. The van der Waals surface area contributed by atoms with Gasteiger partial charge in [0.15, 0.2) is 0 Å². The van der Waals surface area contributed by atoms with Gasteiger partial charge in [-0.25, -0.2) is 0 Å². The first-order valence-electron chi connectivity index (χ1n) is 9.58. The molecule has 0 radical (unpaired) electrons. The molecule has 0 saturated heterocycles. The molecule has 0 saturated carbocycles. The van der Waals surface area contributed by atoms with Crippen molar-refractivity contribution < 1.29 is 0 Å². The third-order valence-electron chi connectivity index (χ3n) is 4.76. The molecule has 0 spiro atoms. The Morgan fingerprint density at radius 2 is 0.929 bits per heavy atom. The molecule has 0 N–H and O–H groups in total. The van der Waals surface area contributed by atoms with E-state index in [-0.39, 0.29) is 0 Å². The standard InChI is InChI=1S/C27H23N/c1-2-9-22-14-16-23(17-15-22)24-18-20-27(21-19-24)28(25-10-5-3-6-11-25)26-12-7-4-8-13-26/h2-21H,1H3. The van der Waals surface area contributed by atoms with Crippen LogP contribution in [-0.4, -0.2) is 0 Å². The Labute approximate surface area is 167 Å². The summed E-state index contributed by atoms with van der Waals surface area (Å²) in [6.07, 6.45) is 4.18. The summed E-state index contributed by atoms with van der Waals surface area (Å²) in [6.45, 7) is 2.04. The highest BCUT2D eigenvalue weighted by atomic mass is 15.1. The number of benzene rings is 4. The Balaban J connectivity index is 1.68. The van der Waals surface area contributed by atoms with Gasteiger partial charge in [0.05, 0.1) is 0 Å². The van der Waals surface area contributed by atoms with E-state index in [1.807, 2.05) is 19.1 Å². The first-order chi connectivity index (χ1) is 13.8. The highest BCUT2D eigenvalue weighted by molar-refractivity contribution is 5.78. The minimum atomic E-state index is 1.15. The number of nitrogens with zero attached hydrogens (tertiary/aromatic N) is 1. The predicted octanol–water partition coefficient (Wildman–Crippen LogP) is 7.86. The van der Waals surface area contributed by atoms with Crippen molar-refractivity contribution in [3.8, 4) is 11.1 Å². The summed E-state index contributed by atoms with van der Waals surface area (Å²) < 4.78 is 0. The van der Waals surface area contributed by atoms with Gasteiger partial charge in [-0.15, -0.1) is 0 Å². The van der Waals surface area contributed by atoms with Gasteiger partial charge in [-0.1, -0.05) is 84.9 Å². The van der Waals surface area contributed by atoms with Crippen LogP contribution in [-0.2, 0) is 0 Å². The monoisotopic (exact) mass is 361 g/mol. The molecule has 28 heavy (non-hydrogen) atoms. The summed E-state index contributed by atoms with van der Waals surface area (Å²) in [5, 5.41) is 0. The van der Waals surface area contributed by atoms with Gasteiger partial charge in [0.2, 0.25) is 0 Å². The minimum absolute atomic E-state index is 1.15. The number of anilines is 3. The first kappa shape index (κ1) is 17.8. The van der Waals surface area contributed by atoms with Gasteiger partial charge in [0, 0.05) is 17.1 Å². The molecular formula is C27H23N. The van der Waals surface area contributed by atoms with E-state index in [0.717, 1.165) is 17.1 Å². The van der Waals surface area contributed by atoms with Gasteiger partial charge in [0.1, 0.15) is 0 Å². The van der Waals surface area contributed by atoms with E-state index in [9.17, 15) is 0 Å². The van der Waals surface area contributed by atoms with Gasteiger partial charge >= 0.3 is 0 Å². The molecule has 0 fully saturated rings. The normalized spacial score (nSPS) is 10.9. The van der Waals surface area contributed by atoms with E-state index in [1.54, 1.807) is 0 Å². The number of hydrogen-bond donors (Lipinski definition) is 0. The van der Waals surface area contributed by atoms with E-state index in [0.29, 0.717) is 0 Å². The van der Waals surface area contributed by atoms with Crippen molar-refractivity contribution in [3.63, 3.8) is 0 Å². The number of para-hydroxylation sites is 2. The van der Waals surface area contributed by atoms with Crippen LogP contribution in [0.4, 0.5) is 17.1 Å². The van der Waals surface area contributed by atoms with Gasteiger partial charge in [-0.3, -0.25) is 0 Å². The molecule has 0 aromatic heterocycles. The summed E-state index contributed by atoms with van der Waals surface area (Å²) in [5.41, 5.74) is 7.12. The fourth-order valence-corrected chi connectivity index (χ4v) is 3.38. The highest BCUT2D eigenvalue weighted by Gasteiger charge is 2.11. The van der Waals surface area contributed by atoms with E-state index >= 15 is 0 Å². The average molecular weight is 361 g/mol. The van der Waals surface area contributed by atoms with Crippen LogP contribution < -0.4 is 4.90 Å². The molecule has 1 heteroatoms. The van der Waals surface area contributed by atoms with Crippen LogP contribution in [0.1, 0.15) is 12.5 Å². The maximum atomic E-state index is 2.28. The van der Waals surface area contributed by atoms with E-state index in [2.05, 4.69) is 114 Å². The van der Waals surface area contributed by atoms with E-state index in [4.69, 9.17) is 0 Å². The molecule has 4 aromatic rings. The van der Waals surface area contributed by atoms with Crippen molar-refractivity contribution in [3.05, 3.63) is 121 Å². The van der Waals surface area contributed by atoms with Gasteiger partial charge in [-0.2, -0.15) is 0 Å². The molecule has 0 bridgehead atoms. The highest BCUT2D eigenvalue weighted by Crippen LogP contribution is 2.35. The van der Waals surface area contributed by atoms with Crippen molar-refractivity contribution in [2.75, 3.05) is 4.90 Å². The van der Waals surface area contributed by atoms with Crippen LogP contribution in [0, 0.1) is 0 Å². The second-order valence-electron chi connectivity index (χ2n) is 6.68. The smallest absolute Gasteiger partial charge is 0.0462 e. The lowest BCUT2D eigenvalue weighted by molar-refractivity contribution is 1.28. The SMILES string of the molecule is CC=Cc1ccc(-c2ccc(N(c3ccccc3)c3ccccc3)cc2)cc1. The fourth-order valence-electron chi connectivity index (χ4n) is 3.38.